The van der Waals surface area contributed by atoms with Crippen LogP contribution in [-0.4, -0.2) is 28.5 Å². The lowest BCUT2D eigenvalue weighted by molar-refractivity contribution is -0.127. The van der Waals surface area contributed by atoms with Crippen LogP contribution in [0.2, 0.25) is 0 Å². The fourth-order valence-electron chi connectivity index (χ4n) is 2.73. The molecule has 5 heteroatoms. The molecule has 0 bridgehead atoms. The molecule has 0 unspecified atom stereocenters. The van der Waals surface area contributed by atoms with Gasteiger partial charge in [-0.05, 0) is 49.2 Å². The summed E-state index contributed by atoms with van der Waals surface area (Å²) in [6.45, 7) is 0.418. The van der Waals surface area contributed by atoms with Gasteiger partial charge in [-0.3, -0.25) is 14.5 Å². The first kappa shape index (κ1) is 16.7. The molecule has 124 valence electrons. The average molecular weight is 343 g/mol. The number of thioether (sulfide) groups is 1. The van der Waals surface area contributed by atoms with E-state index in [4.69, 9.17) is 0 Å². The Morgan fingerprint density at radius 2 is 1.75 bits per heavy atom. The lowest BCUT2D eigenvalue weighted by Crippen LogP contribution is -2.41. The van der Waals surface area contributed by atoms with E-state index in [-0.39, 0.29) is 17.1 Å². The van der Waals surface area contributed by atoms with Gasteiger partial charge in [0.2, 0.25) is 5.91 Å². The molecule has 0 aliphatic carbocycles. The van der Waals surface area contributed by atoms with Crippen molar-refractivity contribution in [3.05, 3.63) is 66.0 Å². The maximum absolute atomic E-state index is 13.0. The number of carbonyl (C=O) groups is 2. The summed E-state index contributed by atoms with van der Waals surface area (Å²) in [4.78, 5) is 27.8. The first-order valence-corrected chi connectivity index (χ1v) is 8.86. The standard InChI is InChI=1S/C19H18FNO2S/c20-15-11-9-14(10-12-15)18(22)21-13-5-4-8-17(19(21)23)24-16-6-2-1-3-7-16/h1-3,6-7,9-12,17H,4-5,8,13H2/t17-/m1/s1. The minimum Gasteiger partial charge on any atom is -0.278 e. The summed E-state index contributed by atoms with van der Waals surface area (Å²) in [6.07, 6.45) is 2.46. The van der Waals surface area contributed by atoms with Crippen LogP contribution >= 0.6 is 11.8 Å². The Morgan fingerprint density at radius 1 is 1.04 bits per heavy atom. The number of nitrogens with zero attached hydrogens (tertiary/aromatic N) is 1. The third-order valence-corrected chi connectivity index (χ3v) is 5.26. The van der Waals surface area contributed by atoms with E-state index in [1.165, 1.54) is 40.9 Å². The predicted molar refractivity (Wildman–Crippen MR) is 92.4 cm³/mol. The van der Waals surface area contributed by atoms with Crippen molar-refractivity contribution >= 4 is 23.6 Å². The lowest BCUT2D eigenvalue weighted by Gasteiger charge is -2.22. The van der Waals surface area contributed by atoms with Crippen molar-refractivity contribution in [3.8, 4) is 0 Å². The van der Waals surface area contributed by atoms with Gasteiger partial charge >= 0.3 is 0 Å². The number of imide groups is 1. The molecule has 1 heterocycles. The zero-order valence-corrected chi connectivity index (χ0v) is 14.0. The second-order valence-electron chi connectivity index (χ2n) is 5.72. The number of likely N-dealkylation sites (tertiary alicyclic amines) is 1. The fraction of sp³-hybridized carbons (Fsp3) is 0.263. The second-order valence-corrected chi connectivity index (χ2v) is 6.99. The molecule has 1 aliphatic rings. The van der Waals surface area contributed by atoms with E-state index in [9.17, 15) is 14.0 Å². The van der Waals surface area contributed by atoms with Gasteiger partial charge in [0.25, 0.3) is 5.91 Å². The highest BCUT2D eigenvalue weighted by Crippen LogP contribution is 2.30. The molecule has 0 aromatic heterocycles. The van der Waals surface area contributed by atoms with Gasteiger partial charge in [0.1, 0.15) is 5.82 Å². The van der Waals surface area contributed by atoms with Crippen LogP contribution < -0.4 is 0 Å². The number of amides is 2. The SMILES string of the molecule is O=C(c1ccc(F)cc1)N1CCCC[C@@H](Sc2ccccc2)C1=O. The molecule has 3 rings (SSSR count). The Hall–Kier alpha value is -2.14. The van der Waals surface area contributed by atoms with E-state index >= 15 is 0 Å². The molecule has 1 atom stereocenters. The molecule has 2 amide bonds. The van der Waals surface area contributed by atoms with E-state index in [0.717, 1.165) is 24.2 Å². The van der Waals surface area contributed by atoms with Gasteiger partial charge in [-0.2, -0.15) is 0 Å². The smallest absolute Gasteiger partial charge is 0.260 e. The van der Waals surface area contributed by atoms with Crippen LogP contribution in [0, 0.1) is 5.82 Å². The summed E-state index contributed by atoms with van der Waals surface area (Å²) in [5.74, 6) is -0.900. The van der Waals surface area contributed by atoms with Crippen LogP contribution in [0.15, 0.2) is 59.5 Å². The Labute approximate surface area is 144 Å². The van der Waals surface area contributed by atoms with E-state index in [1.807, 2.05) is 30.3 Å². The largest absolute Gasteiger partial charge is 0.278 e. The van der Waals surface area contributed by atoms with Crippen LogP contribution in [-0.2, 0) is 4.79 Å². The van der Waals surface area contributed by atoms with E-state index in [0.29, 0.717) is 12.1 Å². The number of rotatable bonds is 3. The van der Waals surface area contributed by atoms with Crippen LogP contribution in [0.4, 0.5) is 4.39 Å². The summed E-state index contributed by atoms with van der Waals surface area (Å²) in [7, 11) is 0. The van der Waals surface area contributed by atoms with Crippen LogP contribution in [0.3, 0.4) is 0 Å². The van der Waals surface area contributed by atoms with Crippen molar-refractivity contribution in [2.24, 2.45) is 0 Å². The van der Waals surface area contributed by atoms with Crippen LogP contribution in [0.25, 0.3) is 0 Å². The summed E-state index contributed by atoms with van der Waals surface area (Å²) >= 11 is 1.50. The van der Waals surface area contributed by atoms with E-state index in [1.54, 1.807) is 0 Å². The number of hydrogen-bond donors (Lipinski definition) is 0. The summed E-state index contributed by atoms with van der Waals surface area (Å²) < 4.78 is 13.0. The summed E-state index contributed by atoms with van der Waals surface area (Å²) in [6, 6.07) is 15.1. The Kier molecular flexibility index (Phi) is 5.30. The van der Waals surface area contributed by atoms with Gasteiger partial charge < -0.3 is 0 Å². The van der Waals surface area contributed by atoms with E-state index < -0.39 is 5.82 Å². The van der Waals surface area contributed by atoms with Gasteiger partial charge in [-0.1, -0.05) is 24.6 Å². The molecule has 1 saturated heterocycles. The third kappa shape index (κ3) is 3.85. The van der Waals surface area contributed by atoms with Crippen molar-refractivity contribution in [3.63, 3.8) is 0 Å². The van der Waals surface area contributed by atoms with Gasteiger partial charge in [0, 0.05) is 17.0 Å². The molecular formula is C19H18FNO2S. The van der Waals surface area contributed by atoms with Crippen LogP contribution in [0.1, 0.15) is 29.6 Å². The van der Waals surface area contributed by atoms with Crippen LogP contribution in [0.5, 0.6) is 0 Å². The Bertz CT molecular complexity index is 718. The molecular weight excluding hydrogens is 325 g/mol. The number of halogens is 1. The molecule has 2 aromatic rings. The number of carbonyl (C=O) groups excluding carboxylic acids is 2. The topological polar surface area (TPSA) is 37.4 Å². The minimum atomic E-state index is -0.397. The second kappa shape index (κ2) is 7.62. The molecule has 3 nitrogen and oxygen atoms in total. The molecule has 1 aliphatic heterocycles. The van der Waals surface area contributed by atoms with Crippen molar-refractivity contribution in [2.45, 2.75) is 29.4 Å². The first-order valence-electron chi connectivity index (χ1n) is 7.98. The molecule has 0 N–H and O–H groups in total. The Balaban J connectivity index is 1.78. The van der Waals surface area contributed by atoms with Gasteiger partial charge in [-0.15, -0.1) is 11.8 Å². The molecule has 0 spiro atoms. The molecule has 0 saturated carbocycles. The lowest BCUT2D eigenvalue weighted by atomic mass is 10.2. The molecule has 24 heavy (non-hydrogen) atoms. The van der Waals surface area contributed by atoms with Gasteiger partial charge in [-0.25, -0.2) is 4.39 Å². The minimum absolute atomic E-state index is 0.157. The quantitative estimate of drug-likeness (QED) is 0.786. The normalized spacial score (nSPS) is 18.3. The average Bonchev–Trinajstić information content (AvgIpc) is 2.78. The first-order chi connectivity index (χ1) is 11.6. The number of hydrogen-bond acceptors (Lipinski definition) is 3. The molecule has 1 fully saturated rings. The third-order valence-electron chi connectivity index (χ3n) is 4.00. The highest BCUT2D eigenvalue weighted by atomic mass is 32.2. The highest BCUT2D eigenvalue weighted by molar-refractivity contribution is 8.00. The highest BCUT2D eigenvalue weighted by Gasteiger charge is 2.32. The van der Waals surface area contributed by atoms with Crippen molar-refractivity contribution in [1.29, 1.82) is 0 Å². The number of benzene rings is 2. The predicted octanol–water partition coefficient (Wildman–Crippen LogP) is 4.14. The zero-order valence-electron chi connectivity index (χ0n) is 13.2. The van der Waals surface area contributed by atoms with Crippen molar-refractivity contribution in [1.82, 2.24) is 4.90 Å². The summed E-state index contributed by atoms with van der Waals surface area (Å²) in [5.41, 5.74) is 0.343. The molecule has 2 aromatic carbocycles. The van der Waals surface area contributed by atoms with Crippen molar-refractivity contribution in [2.75, 3.05) is 6.54 Å². The molecule has 0 radical (unpaired) electrons. The Morgan fingerprint density at radius 3 is 2.46 bits per heavy atom. The van der Waals surface area contributed by atoms with Gasteiger partial charge in [0.15, 0.2) is 0 Å². The van der Waals surface area contributed by atoms with Crippen molar-refractivity contribution < 1.29 is 14.0 Å². The summed E-state index contributed by atoms with van der Waals surface area (Å²) in [5, 5.41) is -0.265. The maximum atomic E-state index is 13.0. The van der Waals surface area contributed by atoms with Gasteiger partial charge in [0.05, 0.1) is 5.25 Å². The zero-order chi connectivity index (χ0) is 16.9. The maximum Gasteiger partial charge on any atom is 0.260 e. The van der Waals surface area contributed by atoms with E-state index in [2.05, 4.69) is 0 Å². The monoisotopic (exact) mass is 343 g/mol. The fourth-order valence-corrected chi connectivity index (χ4v) is 3.89.